The molecule has 3 aromatic rings. The molecule has 1 N–H and O–H groups in total. The highest BCUT2D eigenvalue weighted by atomic mass is 35.5. The lowest BCUT2D eigenvalue weighted by Crippen LogP contribution is -2.30. The van der Waals surface area contributed by atoms with Gasteiger partial charge < -0.3 is 10.1 Å². The number of hydrogen-bond donors (Lipinski definition) is 1. The minimum absolute atomic E-state index is 0.287. The molecular formula is C23H24ClN3O3. The van der Waals surface area contributed by atoms with Gasteiger partial charge in [-0.25, -0.2) is 4.63 Å². The molecule has 4 rings (SSSR count). The fraction of sp³-hybridized carbons (Fsp3) is 0.348. The van der Waals surface area contributed by atoms with Crippen molar-refractivity contribution in [1.29, 1.82) is 0 Å². The Kier molecular flexibility index (Phi) is 5.77. The number of nitrogens with one attached hydrogen (secondary N) is 1. The first-order chi connectivity index (χ1) is 14.4. The molecule has 0 saturated carbocycles. The Balaban J connectivity index is 1.49. The van der Waals surface area contributed by atoms with Gasteiger partial charge in [-0.3, -0.25) is 4.79 Å². The van der Waals surface area contributed by atoms with Crippen molar-refractivity contribution < 1.29 is 14.2 Å². The van der Waals surface area contributed by atoms with E-state index in [1.807, 2.05) is 32.0 Å². The molecule has 156 valence electrons. The SMILES string of the molecule is Cc1cc(OC(C)C(=O)Nc2nonc2-c2ccc3c(c2)CCCC3)cc(C)c1Cl. The summed E-state index contributed by atoms with van der Waals surface area (Å²) < 4.78 is 10.7. The summed E-state index contributed by atoms with van der Waals surface area (Å²) in [6.07, 6.45) is 3.84. The number of carbonyl (C=O) groups is 1. The summed E-state index contributed by atoms with van der Waals surface area (Å²) in [6.45, 7) is 5.48. The molecule has 1 atom stereocenters. The van der Waals surface area contributed by atoms with Crippen LogP contribution in [0.4, 0.5) is 5.82 Å². The minimum Gasteiger partial charge on any atom is -0.481 e. The molecule has 0 aliphatic heterocycles. The molecule has 0 bridgehead atoms. The molecule has 30 heavy (non-hydrogen) atoms. The van der Waals surface area contributed by atoms with E-state index < -0.39 is 6.10 Å². The summed E-state index contributed by atoms with van der Waals surface area (Å²) in [5.74, 6) is 0.537. The monoisotopic (exact) mass is 425 g/mol. The van der Waals surface area contributed by atoms with E-state index in [2.05, 4.69) is 27.8 Å². The number of amides is 1. The van der Waals surface area contributed by atoms with Crippen LogP contribution in [0.25, 0.3) is 11.3 Å². The molecule has 0 spiro atoms. The van der Waals surface area contributed by atoms with Crippen LogP contribution in [0.5, 0.6) is 5.75 Å². The van der Waals surface area contributed by atoms with E-state index >= 15 is 0 Å². The maximum absolute atomic E-state index is 12.7. The molecule has 1 aliphatic rings. The Morgan fingerprint density at radius 3 is 2.53 bits per heavy atom. The van der Waals surface area contributed by atoms with Crippen molar-refractivity contribution in [2.75, 3.05) is 5.32 Å². The van der Waals surface area contributed by atoms with E-state index in [9.17, 15) is 4.79 Å². The zero-order valence-electron chi connectivity index (χ0n) is 17.3. The molecular weight excluding hydrogens is 402 g/mol. The average molecular weight is 426 g/mol. The Bertz CT molecular complexity index is 1070. The van der Waals surface area contributed by atoms with Gasteiger partial charge in [0.1, 0.15) is 5.75 Å². The average Bonchev–Trinajstić information content (AvgIpc) is 3.19. The van der Waals surface area contributed by atoms with Crippen LogP contribution in [0, 0.1) is 13.8 Å². The second kappa shape index (κ2) is 8.48. The number of aromatic nitrogens is 2. The van der Waals surface area contributed by atoms with Gasteiger partial charge in [0.15, 0.2) is 11.8 Å². The maximum Gasteiger partial charge on any atom is 0.266 e. The van der Waals surface area contributed by atoms with E-state index in [0.29, 0.717) is 16.5 Å². The van der Waals surface area contributed by atoms with Gasteiger partial charge in [-0.05, 0) is 97.2 Å². The van der Waals surface area contributed by atoms with E-state index in [4.69, 9.17) is 21.0 Å². The van der Waals surface area contributed by atoms with E-state index in [1.54, 1.807) is 6.92 Å². The van der Waals surface area contributed by atoms with E-state index in [1.165, 1.54) is 24.0 Å². The zero-order valence-corrected chi connectivity index (χ0v) is 18.0. The van der Waals surface area contributed by atoms with E-state index in [-0.39, 0.29) is 11.7 Å². The maximum atomic E-state index is 12.7. The van der Waals surface area contributed by atoms with Gasteiger partial charge in [0.2, 0.25) is 5.82 Å². The number of rotatable bonds is 5. The summed E-state index contributed by atoms with van der Waals surface area (Å²) in [4.78, 5) is 12.7. The van der Waals surface area contributed by atoms with Crippen molar-refractivity contribution in [3.63, 3.8) is 0 Å². The highest BCUT2D eigenvalue weighted by Gasteiger charge is 2.21. The van der Waals surface area contributed by atoms with Gasteiger partial charge in [0, 0.05) is 10.6 Å². The van der Waals surface area contributed by atoms with Crippen LogP contribution in [-0.2, 0) is 17.6 Å². The number of ether oxygens (including phenoxy) is 1. The molecule has 1 amide bonds. The molecule has 7 heteroatoms. The number of benzene rings is 2. The van der Waals surface area contributed by atoms with Gasteiger partial charge >= 0.3 is 0 Å². The van der Waals surface area contributed by atoms with Crippen LogP contribution >= 0.6 is 11.6 Å². The summed E-state index contributed by atoms with van der Waals surface area (Å²) >= 11 is 6.20. The summed E-state index contributed by atoms with van der Waals surface area (Å²) in [6, 6.07) is 9.87. The number of aryl methyl sites for hydroxylation is 4. The molecule has 1 aromatic heterocycles. The van der Waals surface area contributed by atoms with Crippen LogP contribution in [0.3, 0.4) is 0 Å². The first kappa shape index (κ1) is 20.4. The van der Waals surface area contributed by atoms with Crippen LogP contribution in [0.15, 0.2) is 35.0 Å². The van der Waals surface area contributed by atoms with E-state index in [0.717, 1.165) is 29.5 Å². The van der Waals surface area contributed by atoms with Crippen molar-refractivity contribution in [3.8, 4) is 17.0 Å². The van der Waals surface area contributed by atoms with Crippen LogP contribution in [-0.4, -0.2) is 22.3 Å². The van der Waals surface area contributed by atoms with Gasteiger partial charge in [-0.1, -0.05) is 23.7 Å². The predicted octanol–water partition coefficient (Wildman–Crippen LogP) is 5.29. The lowest BCUT2D eigenvalue weighted by molar-refractivity contribution is -0.122. The summed E-state index contributed by atoms with van der Waals surface area (Å²) in [5, 5.41) is 11.4. The lowest BCUT2D eigenvalue weighted by atomic mass is 9.90. The smallest absolute Gasteiger partial charge is 0.266 e. The minimum atomic E-state index is -0.738. The van der Waals surface area contributed by atoms with Crippen LogP contribution < -0.4 is 10.1 Å². The highest BCUT2D eigenvalue weighted by Crippen LogP contribution is 2.30. The van der Waals surface area contributed by atoms with Crippen molar-refractivity contribution >= 4 is 23.3 Å². The van der Waals surface area contributed by atoms with Gasteiger partial charge in [-0.15, -0.1) is 0 Å². The van der Waals surface area contributed by atoms with Gasteiger partial charge in [0.05, 0.1) is 0 Å². The number of hydrogen-bond acceptors (Lipinski definition) is 5. The fourth-order valence-electron chi connectivity index (χ4n) is 3.79. The largest absolute Gasteiger partial charge is 0.481 e. The number of carbonyl (C=O) groups excluding carboxylic acids is 1. The third kappa shape index (κ3) is 4.19. The molecule has 2 aromatic carbocycles. The summed E-state index contributed by atoms with van der Waals surface area (Å²) in [5.41, 5.74) is 5.89. The Hall–Kier alpha value is -2.86. The lowest BCUT2D eigenvalue weighted by Gasteiger charge is -2.17. The first-order valence-corrected chi connectivity index (χ1v) is 10.5. The Labute approximate surface area is 180 Å². The molecule has 1 aliphatic carbocycles. The zero-order chi connectivity index (χ0) is 21.3. The Morgan fingerprint density at radius 2 is 1.80 bits per heavy atom. The first-order valence-electron chi connectivity index (χ1n) is 10.1. The second-order valence-corrected chi connectivity index (χ2v) is 8.15. The summed E-state index contributed by atoms with van der Waals surface area (Å²) in [7, 11) is 0. The fourth-order valence-corrected chi connectivity index (χ4v) is 3.90. The Morgan fingerprint density at radius 1 is 1.10 bits per heavy atom. The third-order valence-corrected chi connectivity index (χ3v) is 6.04. The van der Waals surface area contributed by atoms with Crippen LogP contribution in [0.2, 0.25) is 5.02 Å². The second-order valence-electron chi connectivity index (χ2n) is 7.77. The molecule has 1 heterocycles. The van der Waals surface area contributed by atoms with Crippen molar-refractivity contribution in [2.45, 2.75) is 52.6 Å². The number of nitrogens with zero attached hydrogens (tertiary/aromatic N) is 2. The normalized spacial score (nSPS) is 14.1. The predicted molar refractivity (Wildman–Crippen MR) is 116 cm³/mol. The number of fused-ring (bicyclic) bond motifs is 1. The standard InChI is InChI=1S/C23H24ClN3O3/c1-13-10-19(11-14(2)20(13)24)29-15(3)23(28)25-22-21(26-30-27-22)18-9-8-16-6-4-5-7-17(16)12-18/h8-12,15H,4-7H2,1-3H3,(H,25,27,28). The molecule has 0 fully saturated rings. The molecule has 1 unspecified atom stereocenters. The molecule has 6 nitrogen and oxygen atoms in total. The van der Waals surface area contributed by atoms with Crippen molar-refractivity contribution in [3.05, 3.63) is 57.6 Å². The third-order valence-electron chi connectivity index (χ3n) is 5.44. The number of halogens is 1. The highest BCUT2D eigenvalue weighted by molar-refractivity contribution is 6.32. The van der Waals surface area contributed by atoms with Gasteiger partial charge in [-0.2, -0.15) is 0 Å². The number of anilines is 1. The molecule has 0 radical (unpaired) electrons. The van der Waals surface area contributed by atoms with Crippen molar-refractivity contribution in [1.82, 2.24) is 10.3 Å². The van der Waals surface area contributed by atoms with Crippen LogP contribution in [0.1, 0.15) is 42.0 Å². The van der Waals surface area contributed by atoms with Gasteiger partial charge in [0.25, 0.3) is 5.91 Å². The van der Waals surface area contributed by atoms with Crippen molar-refractivity contribution in [2.24, 2.45) is 0 Å². The molecule has 0 saturated heterocycles. The topological polar surface area (TPSA) is 77.2 Å². The quantitative estimate of drug-likeness (QED) is 0.600.